The summed E-state index contributed by atoms with van der Waals surface area (Å²) in [6.45, 7) is 6.27. The van der Waals surface area contributed by atoms with Gasteiger partial charge in [0.2, 0.25) is 0 Å². The molecule has 2 heteroatoms. The molecule has 1 aliphatic carbocycles. The van der Waals surface area contributed by atoms with Gasteiger partial charge in [-0.15, -0.1) is 0 Å². The fraction of sp³-hybridized carbons (Fsp3) is 0.562. The maximum atomic E-state index is 9.09. The Kier molecular flexibility index (Phi) is 3.73. The van der Waals surface area contributed by atoms with Crippen LogP contribution < -0.4 is 0 Å². The van der Waals surface area contributed by atoms with Crippen molar-refractivity contribution in [1.29, 1.82) is 5.26 Å². The molecule has 1 saturated carbocycles. The number of likely N-dealkylation sites (N-methyl/N-ethyl adjacent to an activating group) is 1. The van der Waals surface area contributed by atoms with Crippen LogP contribution in [-0.2, 0) is 6.42 Å². The Morgan fingerprint density at radius 3 is 2.67 bits per heavy atom. The van der Waals surface area contributed by atoms with Crippen LogP contribution in [0.3, 0.4) is 0 Å². The molecule has 1 fully saturated rings. The minimum atomic E-state index is -0.0175. The summed E-state index contributed by atoms with van der Waals surface area (Å²) in [6.07, 6.45) is 3.24. The summed E-state index contributed by atoms with van der Waals surface area (Å²) in [5.41, 5.74) is 4.11. The Morgan fingerprint density at radius 2 is 2.06 bits per heavy atom. The molecule has 0 aromatic heterocycles. The van der Waals surface area contributed by atoms with Crippen LogP contribution in [0, 0.1) is 30.6 Å². The van der Waals surface area contributed by atoms with Crippen LogP contribution in [0.5, 0.6) is 0 Å². The Bertz CT molecular complexity index is 466. The maximum Gasteiger partial charge on any atom is 0.0703 e. The van der Waals surface area contributed by atoms with Crippen LogP contribution >= 0.6 is 0 Å². The van der Waals surface area contributed by atoms with Crippen LogP contribution in [0.4, 0.5) is 0 Å². The Balaban J connectivity index is 1.87. The predicted molar refractivity (Wildman–Crippen MR) is 74.4 cm³/mol. The first-order valence-corrected chi connectivity index (χ1v) is 6.71. The largest absolute Gasteiger partial charge is 0.304 e. The fourth-order valence-electron chi connectivity index (χ4n) is 2.43. The van der Waals surface area contributed by atoms with E-state index in [4.69, 9.17) is 5.26 Å². The average molecular weight is 242 g/mol. The van der Waals surface area contributed by atoms with E-state index >= 15 is 0 Å². The predicted octanol–water partition coefficient (Wildman–Crippen LogP) is 3.08. The lowest BCUT2D eigenvalue weighted by Crippen LogP contribution is -2.28. The first-order chi connectivity index (χ1) is 8.54. The molecule has 0 N–H and O–H groups in total. The zero-order valence-electron chi connectivity index (χ0n) is 11.7. The monoisotopic (exact) mass is 242 g/mol. The van der Waals surface area contributed by atoms with Crippen LogP contribution in [0.15, 0.2) is 18.2 Å². The highest BCUT2D eigenvalue weighted by atomic mass is 15.1. The quantitative estimate of drug-likeness (QED) is 0.793. The number of benzene rings is 1. The van der Waals surface area contributed by atoms with Gasteiger partial charge in [-0.25, -0.2) is 0 Å². The summed E-state index contributed by atoms with van der Waals surface area (Å²) in [5, 5.41) is 9.09. The zero-order valence-corrected chi connectivity index (χ0v) is 11.7. The van der Waals surface area contributed by atoms with Gasteiger partial charge >= 0.3 is 0 Å². The van der Waals surface area contributed by atoms with Gasteiger partial charge in [-0.3, -0.25) is 0 Å². The lowest BCUT2D eigenvalue weighted by molar-refractivity contribution is 0.297. The first kappa shape index (κ1) is 13.1. The van der Waals surface area contributed by atoms with Gasteiger partial charge in [0.1, 0.15) is 0 Å². The van der Waals surface area contributed by atoms with Crippen LogP contribution in [0.25, 0.3) is 0 Å². The highest BCUT2D eigenvalue weighted by Gasteiger charge is 2.43. The van der Waals surface area contributed by atoms with E-state index in [2.05, 4.69) is 50.1 Å². The van der Waals surface area contributed by atoms with E-state index in [1.807, 2.05) is 0 Å². The standard InChI is InChI=1S/C16H22N2/c1-13-4-5-14(2)15(10-13)6-9-18(3)12-16(11-17)7-8-16/h4-5,10H,6-9,12H2,1-3H3. The molecule has 0 unspecified atom stereocenters. The summed E-state index contributed by atoms with van der Waals surface area (Å²) in [7, 11) is 2.13. The zero-order chi connectivity index (χ0) is 13.2. The van der Waals surface area contributed by atoms with E-state index in [1.54, 1.807) is 0 Å². The molecule has 2 rings (SSSR count). The number of nitrogens with zero attached hydrogens (tertiary/aromatic N) is 2. The van der Waals surface area contributed by atoms with Crippen molar-refractivity contribution in [3.8, 4) is 6.07 Å². The van der Waals surface area contributed by atoms with Gasteiger partial charge in [-0.05, 0) is 51.3 Å². The number of rotatable bonds is 5. The van der Waals surface area contributed by atoms with Crippen molar-refractivity contribution in [3.63, 3.8) is 0 Å². The van der Waals surface area contributed by atoms with Crippen molar-refractivity contribution in [2.75, 3.05) is 20.1 Å². The van der Waals surface area contributed by atoms with Gasteiger partial charge in [-0.1, -0.05) is 23.8 Å². The molecule has 1 aliphatic rings. The summed E-state index contributed by atoms with van der Waals surface area (Å²) in [5.74, 6) is 0. The molecular formula is C16H22N2. The minimum absolute atomic E-state index is 0.0175. The van der Waals surface area contributed by atoms with Gasteiger partial charge < -0.3 is 4.90 Å². The summed E-state index contributed by atoms with van der Waals surface area (Å²) in [4.78, 5) is 2.30. The average Bonchev–Trinajstić information content (AvgIpc) is 3.11. The molecule has 2 nitrogen and oxygen atoms in total. The van der Waals surface area contributed by atoms with E-state index < -0.39 is 0 Å². The highest BCUT2D eigenvalue weighted by molar-refractivity contribution is 5.30. The van der Waals surface area contributed by atoms with Gasteiger partial charge in [0.15, 0.2) is 0 Å². The van der Waals surface area contributed by atoms with E-state index in [1.165, 1.54) is 16.7 Å². The normalized spacial score (nSPS) is 16.6. The van der Waals surface area contributed by atoms with Crippen molar-refractivity contribution < 1.29 is 0 Å². The SMILES string of the molecule is Cc1ccc(C)c(CCN(C)CC2(C#N)CC2)c1. The molecule has 0 amide bonds. The number of hydrogen-bond acceptors (Lipinski definition) is 2. The molecule has 1 aromatic carbocycles. The van der Waals surface area contributed by atoms with Crippen LogP contribution in [0.2, 0.25) is 0 Å². The molecule has 0 radical (unpaired) electrons. The molecule has 1 aromatic rings. The van der Waals surface area contributed by atoms with Crippen LogP contribution in [-0.4, -0.2) is 25.0 Å². The smallest absolute Gasteiger partial charge is 0.0703 e. The number of hydrogen-bond donors (Lipinski definition) is 0. The van der Waals surface area contributed by atoms with Gasteiger partial charge in [0, 0.05) is 13.1 Å². The van der Waals surface area contributed by atoms with Gasteiger partial charge in [0.05, 0.1) is 11.5 Å². The second-order valence-electron chi connectivity index (χ2n) is 5.81. The number of aryl methyl sites for hydroxylation is 2. The topological polar surface area (TPSA) is 27.0 Å². The maximum absolute atomic E-state index is 9.09. The second kappa shape index (κ2) is 5.12. The van der Waals surface area contributed by atoms with E-state index in [0.717, 1.165) is 32.4 Å². The minimum Gasteiger partial charge on any atom is -0.304 e. The Labute approximate surface area is 110 Å². The molecule has 0 atom stereocenters. The third-order valence-corrected chi connectivity index (χ3v) is 3.93. The first-order valence-electron chi connectivity index (χ1n) is 6.71. The van der Waals surface area contributed by atoms with E-state index in [0.29, 0.717) is 0 Å². The van der Waals surface area contributed by atoms with E-state index in [9.17, 15) is 0 Å². The molecule has 0 aliphatic heterocycles. The lowest BCUT2D eigenvalue weighted by atomic mass is 10.0. The van der Waals surface area contributed by atoms with Crippen molar-refractivity contribution in [1.82, 2.24) is 4.90 Å². The second-order valence-corrected chi connectivity index (χ2v) is 5.81. The van der Waals surface area contributed by atoms with Gasteiger partial charge in [0.25, 0.3) is 0 Å². The summed E-state index contributed by atoms with van der Waals surface area (Å²) < 4.78 is 0. The van der Waals surface area contributed by atoms with Gasteiger partial charge in [-0.2, -0.15) is 5.26 Å². The van der Waals surface area contributed by atoms with Crippen molar-refractivity contribution in [3.05, 3.63) is 34.9 Å². The lowest BCUT2D eigenvalue weighted by Gasteiger charge is -2.19. The third-order valence-electron chi connectivity index (χ3n) is 3.93. The van der Waals surface area contributed by atoms with Crippen molar-refractivity contribution >= 4 is 0 Å². The Hall–Kier alpha value is -1.33. The molecule has 0 bridgehead atoms. The Morgan fingerprint density at radius 1 is 1.33 bits per heavy atom. The van der Waals surface area contributed by atoms with E-state index in [-0.39, 0.29) is 5.41 Å². The van der Waals surface area contributed by atoms with Crippen LogP contribution in [0.1, 0.15) is 29.5 Å². The molecule has 0 heterocycles. The number of nitriles is 1. The molecule has 0 saturated heterocycles. The molecule has 0 spiro atoms. The summed E-state index contributed by atoms with van der Waals surface area (Å²) in [6, 6.07) is 9.10. The summed E-state index contributed by atoms with van der Waals surface area (Å²) >= 11 is 0. The fourth-order valence-corrected chi connectivity index (χ4v) is 2.43. The molecule has 18 heavy (non-hydrogen) atoms. The molecule has 96 valence electrons. The highest BCUT2D eigenvalue weighted by Crippen LogP contribution is 2.45. The molecular weight excluding hydrogens is 220 g/mol. The van der Waals surface area contributed by atoms with Crippen molar-refractivity contribution in [2.45, 2.75) is 33.1 Å². The van der Waals surface area contributed by atoms with Crippen molar-refractivity contribution in [2.24, 2.45) is 5.41 Å². The third kappa shape index (κ3) is 3.11.